The Balaban J connectivity index is 1.88. The summed E-state index contributed by atoms with van der Waals surface area (Å²) in [6.45, 7) is 2.64. The third-order valence-electron chi connectivity index (χ3n) is 3.47. The third kappa shape index (κ3) is 4.05. The molecule has 21 heavy (non-hydrogen) atoms. The molecule has 0 aliphatic rings. The summed E-state index contributed by atoms with van der Waals surface area (Å²) in [7, 11) is 1.81. The van der Waals surface area contributed by atoms with E-state index in [1.807, 2.05) is 25.4 Å². The number of amides is 2. The maximum atomic E-state index is 12.2. The van der Waals surface area contributed by atoms with Crippen molar-refractivity contribution in [1.29, 1.82) is 0 Å². The second-order valence-corrected chi connectivity index (χ2v) is 4.88. The Morgan fingerprint density at radius 2 is 2.29 bits per heavy atom. The first-order chi connectivity index (χ1) is 10.2. The van der Waals surface area contributed by atoms with Crippen LogP contribution in [0.25, 0.3) is 0 Å². The largest absolute Gasteiger partial charge is 0.348 e. The van der Waals surface area contributed by atoms with Gasteiger partial charge in [-0.1, -0.05) is 13.0 Å². The van der Waals surface area contributed by atoms with E-state index in [1.165, 1.54) is 0 Å². The molecule has 112 valence electrons. The summed E-state index contributed by atoms with van der Waals surface area (Å²) in [5.74, 6) is 0. The first-order valence-electron chi connectivity index (χ1n) is 7.10. The predicted octanol–water partition coefficient (Wildman–Crippen LogP) is 2.14. The van der Waals surface area contributed by atoms with Crippen LogP contribution in [-0.4, -0.2) is 39.5 Å². The molecule has 1 unspecified atom stereocenters. The zero-order chi connectivity index (χ0) is 15.1. The van der Waals surface area contributed by atoms with Crippen LogP contribution in [0.4, 0.5) is 4.79 Å². The van der Waals surface area contributed by atoms with Gasteiger partial charge in [0, 0.05) is 44.3 Å². The van der Waals surface area contributed by atoms with Gasteiger partial charge in [0.15, 0.2) is 0 Å². The summed E-state index contributed by atoms with van der Waals surface area (Å²) in [4.78, 5) is 25.0. The number of carbonyl (C=O) groups excluding carboxylic acids is 1. The number of H-pyrrole nitrogens is 1. The molecular formula is C15H21N5O. The molecule has 2 heterocycles. The first-order valence-corrected chi connectivity index (χ1v) is 7.10. The van der Waals surface area contributed by atoms with E-state index in [4.69, 9.17) is 0 Å². The van der Waals surface area contributed by atoms with Crippen molar-refractivity contribution < 1.29 is 4.79 Å². The summed E-state index contributed by atoms with van der Waals surface area (Å²) in [6.07, 6.45) is 8.53. The van der Waals surface area contributed by atoms with Gasteiger partial charge in [0.2, 0.25) is 0 Å². The van der Waals surface area contributed by atoms with Crippen molar-refractivity contribution in [3.63, 3.8) is 0 Å². The van der Waals surface area contributed by atoms with Crippen molar-refractivity contribution in [3.8, 4) is 0 Å². The Kier molecular flexibility index (Phi) is 5.31. The van der Waals surface area contributed by atoms with Crippen LogP contribution in [0.15, 0.2) is 37.1 Å². The van der Waals surface area contributed by atoms with E-state index < -0.39 is 0 Å². The number of hydrogen-bond donors (Lipinski definition) is 2. The highest BCUT2D eigenvalue weighted by Gasteiger charge is 2.19. The van der Waals surface area contributed by atoms with Crippen molar-refractivity contribution in [1.82, 2.24) is 25.2 Å². The van der Waals surface area contributed by atoms with Gasteiger partial charge in [-0.2, -0.15) is 0 Å². The molecule has 2 rings (SSSR count). The Morgan fingerprint density at radius 1 is 1.43 bits per heavy atom. The smallest absolute Gasteiger partial charge is 0.317 e. The van der Waals surface area contributed by atoms with E-state index in [1.54, 1.807) is 23.6 Å². The highest BCUT2D eigenvalue weighted by molar-refractivity contribution is 5.74. The Bertz CT molecular complexity index is 540. The molecule has 0 aliphatic heterocycles. The quantitative estimate of drug-likeness (QED) is 0.855. The maximum absolute atomic E-state index is 12.2. The highest BCUT2D eigenvalue weighted by atomic mass is 16.2. The Labute approximate surface area is 124 Å². The van der Waals surface area contributed by atoms with Crippen LogP contribution in [-0.2, 0) is 6.42 Å². The standard InChI is InChI=1S/C15H21N5O/c1-3-14(12-5-4-7-16-9-12)20(2)15(21)18-8-6-13-10-17-11-19-13/h4-5,7,9-11,14H,3,6,8H2,1-2H3,(H,17,19)(H,18,21). The topological polar surface area (TPSA) is 73.9 Å². The number of nitrogens with zero attached hydrogens (tertiary/aromatic N) is 3. The molecule has 2 amide bonds. The van der Waals surface area contributed by atoms with E-state index in [0.717, 1.165) is 24.1 Å². The fourth-order valence-corrected chi connectivity index (χ4v) is 2.30. The highest BCUT2D eigenvalue weighted by Crippen LogP contribution is 2.21. The number of pyridine rings is 1. The molecule has 2 aromatic rings. The SMILES string of the molecule is CCC(c1cccnc1)N(C)C(=O)NCCc1cnc[nH]1. The van der Waals surface area contributed by atoms with Gasteiger partial charge in [0.05, 0.1) is 12.4 Å². The van der Waals surface area contributed by atoms with Crippen LogP contribution in [0.2, 0.25) is 0 Å². The minimum atomic E-state index is -0.0785. The van der Waals surface area contributed by atoms with Gasteiger partial charge in [0.25, 0.3) is 0 Å². The van der Waals surface area contributed by atoms with Gasteiger partial charge >= 0.3 is 6.03 Å². The number of rotatable bonds is 6. The number of aromatic amines is 1. The lowest BCUT2D eigenvalue weighted by atomic mass is 10.1. The van der Waals surface area contributed by atoms with E-state index in [-0.39, 0.29) is 12.1 Å². The van der Waals surface area contributed by atoms with Crippen LogP contribution in [0, 0.1) is 0 Å². The normalized spacial score (nSPS) is 11.9. The van der Waals surface area contributed by atoms with Gasteiger partial charge in [0.1, 0.15) is 0 Å². The zero-order valence-electron chi connectivity index (χ0n) is 12.4. The second kappa shape index (κ2) is 7.42. The number of hydrogen-bond acceptors (Lipinski definition) is 3. The van der Waals surface area contributed by atoms with Crippen LogP contribution < -0.4 is 5.32 Å². The van der Waals surface area contributed by atoms with Crippen LogP contribution in [0.5, 0.6) is 0 Å². The molecule has 0 bridgehead atoms. The summed E-state index contributed by atoms with van der Waals surface area (Å²) < 4.78 is 0. The molecule has 0 aromatic carbocycles. The van der Waals surface area contributed by atoms with E-state index in [2.05, 4.69) is 27.2 Å². The van der Waals surface area contributed by atoms with Crippen molar-refractivity contribution in [2.45, 2.75) is 25.8 Å². The molecule has 2 aromatic heterocycles. The summed E-state index contributed by atoms with van der Waals surface area (Å²) >= 11 is 0. The zero-order valence-corrected chi connectivity index (χ0v) is 12.4. The monoisotopic (exact) mass is 287 g/mol. The van der Waals surface area contributed by atoms with E-state index in [9.17, 15) is 4.79 Å². The number of aromatic nitrogens is 3. The molecule has 0 fully saturated rings. The molecule has 0 spiro atoms. The Morgan fingerprint density at radius 3 is 2.90 bits per heavy atom. The number of carbonyl (C=O) groups is 1. The Hall–Kier alpha value is -2.37. The lowest BCUT2D eigenvalue weighted by molar-refractivity contribution is 0.189. The lowest BCUT2D eigenvalue weighted by Gasteiger charge is -2.27. The molecule has 0 radical (unpaired) electrons. The number of nitrogens with one attached hydrogen (secondary N) is 2. The molecule has 2 N–H and O–H groups in total. The predicted molar refractivity (Wildman–Crippen MR) is 80.7 cm³/mol. The van der Waals surface area contributed by atoms with Crippen molar-refractivity contribution in [3.05, 3.63) is 48.3 Å². The number of imidazole rings is 1. The fourth-order valence-electron chi connectivity index (χ4n) is 2.30. The second-order valence-electron chi connectivity index (χ2n) is 4.88. The molecule has 0 saturated heterocycles. The summed E-state index contributed by atoms with van der Waals surface area (Å²) in [5, 5.41) is 2.92. The molecule has 1 atom stereocenters. The van der Waals surface area contributed by atoms with Crippen LogP contribution >= 0.6 is 0 Å². The summed E-state index contributed by atoms with van der Waals surface area (Å²) in [6, 6.07) is 3.84. The lowest BCUT2D eigenvalue weighted by Crippen LogP contribution is -2.40. The van der Waals surface area contributed by atoms with E-state index in [0.29, 0.717) is 6.54 Å². The van der Waals surface area contributed by atoms with Gasteiger partial charge in [-0.15, -0.1) is 0 Å². The van der Waals surface area contributed by atoms with Crippen molar-refractivity contribution >= 4 is 6.03 Å². The van der Waals surface area contributed by atoms with Crippen LogP contribution in [0.3, 0.4) is 0 Å². The minimum Gasteiger partial charge on any atom is -0.348 e. The third-order valence-corrected chi connectivity index (χ3v) is 3.47. The van der Waals surface area contributed by atoms with Crippen LogP contribution in [0.1, 0.15) is 30.6 Å². The molecule has 0 aliphatic carbocycles. The van der Waals surface area contributed by atoms with Crippen molar-refractivity contribution in [2.75, 3.05) is 13.6 Å². The van der Waals surface area contributed by atoms with Crippen molar-refractivity contribution in [2.24, 2.45) is 0 Å². The first kappa shape index (κ1) is 15.0. The summed E-state index contributed by atoms with van der Waals surface area (Å²) in [5.41, 5.74) is 2.06. The van der Waals surface area contributed by atoms with E-state index >= 15 is 0 Å². The molecular weight excluding hydrogens is 266 g/mol. The van der Waals surface area contributed by atoms with Gasteiger partial charge in [-0.25, -0.2) is 9.78 Å². The fraction of sp³-hybridized carbons (Fsp3) is 0.400. The number of urea groups is 1. The molecule has 0 saturated carbocycles. The minimum absolute atomic E-state index is 0.0332. The molecule has 6 heteroatoms. The van der Waals surface area contributed by atoms with Gasteiger partial charge in [-0.05, 0) is 18.1 Å². The van der Waals surface area contributed by atoms with Gasteiger partial charge < -0.3 is 15.2 Å². The molecule has 6 nitrogen and oxygen atoms in total. The average Bonchev–Trinajstić information content (AvgIpc) is 3.02. The average molecular weight is 287 g/mol. The van der Waals surface area contributed by atoms with Gasteiger partial charge in [-0.3, -0.25) is 4.98 Å². The maximum Gasteiger partial charge on any atom is 0.317 e.